The predicted octanol–water partition coefficient (Wildman–Crippen LogP) is 1.15. The number of aliphatic carboxylic acids is 1. The van der Waals surface area contributed by atoms with Crippen molar-refractivity contribution in [2.75, 3.05) is 18.0 Å². The lowest BCUT2D eigenvalue weighted by molar-refractivity contribution is -0.142. The van der Waals surface area contributed by atoms with Crippen LogP contribution in [-0.4, -0.2) is 36.1 Å². The van der Waals surface area contributed by atoms with Crippen molar-refractivity contribution in [3.8, 4) is 0 Å². The smallest absolute Gasteiger partial charge is 0.328 e. The van der Waals surface area contributed by atoms with Crippen LogP contribution in [0.1, 0.15) is 5.56 Å². The molecule has 0 saturated carbocycles. The summed E-state index contributed by atoms with van der Waals surface area (Å²) >= 11 is 3.38. The molecule has 1 saturated heterocycles. The fourth-order valence-electron chi connectivity index (χ4n) is 2.04. The normalized spacial score (nSPS) is 19.6. The molecule has 0 aliphatic carbocycles. The van der Waals surface area contributed by atoms with Gasteiger partial charge in [0.05, 0.1) is 6.54 Å². The van der Waals surface area contributed by atoms with Crippen LogP contribution in [-0.2, 0) is 9.59 Å². The van der Waals surface area contributed by atoms with E-state index >= 15 is 0 Å². The molecule has 0 aromatic heterocycles. The topological polar surface area (TPSA) is 69.6 Å². The lowest BCUT2D eigenvalue weighted by atomic mass is 10.1. The zero-order valence-corrected chi connectivity index (χ0v) is 11.4. The SMILES string of the molecule is Cc1cc(Br)ccc1N1CC(=O)NC(C(=O)O)C1. The molecule has 6 heteroatoms. The number of aryl methyl sites for hydroxylation is 1. The Labute approximate surface area is 113 Å². The van der Waals surface area contributed by atoms with Crippen molar-refractivity contribution in [1.29, 1.82) is 0 Å². The van der Waals surface area contributed by atoms with Crippen LogP contribution in [0, 0.1) is 6.92 Å². The fourth-order valence-corrected chi connectivity index (χ4v) is 2.52. The average Bonchev–Trinajstić information content (AvgIpc) is 2.27. The molecular formula is C12H13BrN2O3. The molecule has 18 heavy (non-hydrogen) atoms. The highest BCUT2D eigenvalue weighted by molar-refractivity contribution is 9.10. The minimum absolute atomic E-state index is 0.187. The molecule has 1 heterocycles. The van der Waals surface area contributed by atoms with E-state index in [1.54, 1.807) is 4.90 Å². The highest BCUT2D eigenvalue weighted by Gasteiger charge is 2.29. The Kier molecular flexibility index (Phi) is 3.56. The molecular weight excluding hydrogens is 300 g/mol. The van der Waals surface area contributed by atoms with E-state index in [1.165, 1.54) is 0 Å². The summed E-state index contributed by atoms with van der Waals surface area (Å²) in [7, 11) is 0. The number of carboxylic acid groups (broad SMARTS) is 1. The van der Waals surface area contributed by atoms with E-state index < -0.39 is 12.0 Å². The molecule has 0 radical (unpaired) electrons. The third kappa shape index (κ3) is 2.64. The number of rotatable bonds is 2. The second kappa shape index (κ2) is 4.97. The number of amides is 1. The minimum Gasteiger partial charge on any atom is -0.480 e. The van der Waals surface area contributed by atoms with E-state index in [0.29, 0.717) is 0 Å². The molecule has 5 nitrogen and oxygen atoms in total. The number of carbonyl (C=O) groups excluding carboxylic acids is 1. The zero-order valence-electron chi connectivity index (χ0n) is 9.81. The summed E-state index contributed by atoms with van der Waals surface area (Å²) in [4.78, 5) is 24.3. The summed E-state index contributed by atoms with van der Waals surface area (Å²) in [5, 5.41) is 11.4. The number of carboxylic acids is 1. The van der Waals surface area contributed by atoms with Crippen LogP contribution in [0.25, 0.3) is 0 Å². The van der Waals surface area contributed by atoms with Gasteiger partial charge < -0.3 is 15.3 Å². The van der Waals surface area contributed by atoms with Crippen molar-refractivity contribution < 1.29 is 14.7 Å². The number of hydrogen-bond acceptors (Lipinski definition) is 3. The largest absolute Gasteiger partial charge is 0.480 e. The lowest BCUT2D eigenvalue weighted by Gasteiger charge is -2.33. The van der Waals surface area contributed by atoms with Crippen molar-refractivity contribution in [3.05, 3.63) is 28.2 Å². The summed E-state index contributed by atoms with van der Waals surface area (Å²) < 4.78 is 0.958. The number of nitrogens with zero attached hydrogens (tertiary/aromatic N) is 1. The number of halogens is 1. The maximum atomic E-state index is 11.5. The van der Waals surface area contributed by atoms with Gasteiger partial charge in [-0.05, 0) is 30.7 Å². The molecule has 1 aliphatic heterocycles. The molecule has 1 aliphatic rings. The Hall–Kier alpha value is -1.56. The number of hydrogen-bond donors (Lipinski definition) is 2. The van der Waals surface area contributed by atoms with Gasteiger partial charge in [0.25, 0.3) is 0 Å². The fraction of sp³-hybridized carbons (Fsp3) is 0.333. The molecule has 0 bridgehead atoms. The summed E-state index contributed by atoms with van der Waals surface area (Å²) in [6.45, 7) is 2.40. The molecule has 1 aromatic carbocycles. The van der Waals surface area contributed by atoms with Crippen LogP contribution < -0.4 is 10.2 Å². The quantitative estimate of drug-likeness (QED) is 0.859. The third-order valence-electron chi connectivity index (χ3n) is 2.87. The number of nitrogens with one attached hydrogen (secondary N) is 1. The maximum absolute atomic E-state index is 11.5. The van der Waals surface area contributed by atoms with Crippen molar-refractivity contribution in [3.63, 3.8) is 0 Å². The molecule has 1 unspecified atom stereocenters. The van der Waals surface area contributed by atoms with Gasteiger partial charge in [-0.3, -0.25) is 4.79 Å². The van der Waals surface area contributed by atoms with Crippen LogP contribution >= 0.6 is 15.9 Å². The van der Waals surface area contributed by atoms with Crippen molar-refractivity contribution in [2.24, 2.45) is 0 Å². The molecule has 96 valence electrons. The lowest BCUT2D eigenvalue weighted by Crippen LogP contribution is -2.57. The standard InChI is InChI=1S/C12H13BrN2O3/c1-7-4-8(13)2-3-10(7)15-5-9(12(17)18)14-11(16)6-15/h2-4,9H,5-6H2,1H3,(H,14,16)(H,17,18). The van der Waals surface area contributed by atoms with Gasteiger partial charge in [-0.25, -0.2) is 4.79 Å². The van der Waals surface area contributed by atoms with E-state index in [9.17, 15) is 9.59 Å². The van der Waals surface area contributed by atoms with Crippen molar-refractivity contribution >= 4 is 33.5 Å². The van der Waals surface area contributed by atoms with Crippen molar-refractivity contribution in [1.82, 2.24) is 5.32 Å². The Morgan fingerprint density at radius 3 is 2.89 bits per heavy atom. The number of anilines is 1. The van der Waals surface area contributed by atoms with Crippen LogP contribution in [0.2, 0.25) is 0 Å². The van der Waals surface area contributed by atoms with Gasteiger partial charge >= 0.3 is 5.97 Å². The van der Waals surface area contributed by atoms with E-state index in [2.05, 4.69) is 21.2 Å². The van der Waals surface area contributed by atoms with Crippen LogP contribution in [0.5, 0.6) is 0 Å². The van der Waals surface area contributed by atoms with Gasteiger partial charge in [-0.1, -0.05) is 15.9 Å². The first kappa shape index (κ1) is 12.9. The second-order valence-electron chi connectivity index (χ2n) is 4.27. The average molecular weight is 313 g/mol. The molecule has 2 N–H and O–H groups in total. The summed E-state index contributed by atoms with van der Waals surface area (Å²) in [6, 6.07) is 4.85. The van der Waals surface area contributed by atoms with E-state index in [0.717, 1.165) is 15.7 Å². The van der Waals surface area contributed by atoms with E-state index in [1.807, 2.05) is 25.1 Å². The van der Waals surface area contributed by atoms with E-state index in [-0.39, 0.29) is 19.0 Å². The molecule has 1 atom stereocenters. The van der Waals surface area contributed by atoms with Gasteiger partial charge in [0.15, 0.2) is 0 Å². The van der Waals surface area contributed by atoms with Gasteiger partial charge in [-0.2, -0.15) is 0 Å². The Balaban J connectivity index is 2.26. The van der Waals surface area contributed by atoms with Crippen LogP contribution in [0.15, 0.2) is 22.7 Å². The van der Waals surface area contributed by atoms with Gasteiger partial charge in [0, 0.05) is 16.7 Å². The number of benzene rings is 1. The summed E-state index contributed by atoms with van der Waals surface area (Å²) in [6.07, 6.45) is 0. The van der Waals surface area contributed by atoms with Crippen LogP contribution in [0.4, 0.5) is 5.69 Å². The first-order valence-electron chi connectivity index (χ1n) is 5.50. The third-order valence-corrected chi connectivity index (χ3v) is 3.36. The number of piperazine rings is 1. The molecule has 1 amide bonds. The predicted molar refractivity (Wildman–Crippen MR) is 70.7 cm³/mol. The highest BCUT2D eigenvalue weighted by Crippen LogP contribution is 2.24. The Bertz CT molecular complexity index is 504. The summed E-state index contributed by atoms with van der Waals surface area (Å²) in [5.41, 5.74) is 1.89. The molecule has 1 aromatic rings. The first-order chi connectivity index (χ1) is 8.47. The van der Waals surface area contributed by atoms with Crippen LogP contribution in [0.3, 0.4) is 0 Å². The van der Waals surface area contributed by atoms with Gasteiger partial charge in [0.1, 0.15) is 6.04 Å². The van der Waals surface area contributed by atoms with Gasteiger partial charge in [-0.15, -0.1) is 0 Å². The first-order valence-corrected chi connectivity index (χ1v) is 6.30. The molecule has 1 fully saturated rings. The Morgan fingerprint density at radius 2 is 2.28 bits per heavy atom. The molecule has 0 spiro atoms. The second-order valence-corrected chi connectivity index (χ2v) is 5.19. The van der Waals surface area contributed by atoms with Gasteiger partial charge in [0.2, 0.25) is 5.91 Å². The maximum Gasteiger partial charge on any atom is 0.328 e. The monoisotopic (exact) mass is 312 g/mol. The van der Waals surface area contributed by atoms with E-state index in [4.69, 9.17) is 5.11 Å². The summed E-state index contributed by atoms with van der Waals surface area (Å²) in [5.74, 6) is -1.28. The number of carbonyl (C=O) groups is 2. The van der Waals surface area contributed by atoms with Crippen molar-refractivity contribution in [2.45, 2.75) is 13.0 Å². The zero-order chi connectivity index (χ0) is 13.3. The Morgan fingerprint density at radius 1 is 1.56 bits per heavy atom. The highest BCUT2D eigenvalue weighted by atomic mass is 79.9. The molecule has 2 rings (SSSR count). The minimum atomic E-state index is -1.01.